The highest BCUT2D eigenvalue weighted by Gasteiger charge is 2.20. The lowest BCUT2D eigenvalue weighted by molar-refractivity contribution is 0.100. The average molecular weight is 204 g/mol. The van der Waals surface area contributed by atoms with E-state index in [1.54, 1.807) is 6.07 Å². The van der Waals surface area contributed by atoms with Crippen molar-refractivity contribution >= 4 is 22.6 Å². The number of nitrogens with two attached hydrogens (primary N) is 1. The standard InChI is InChI=1S/C10H8N2O3/c11-10(13)6-4-14-7-2-1-5-3-15-12-9(5)8(6)7/h1-2,4,12H,3H2,(H2,11,13). The summed E-state index contributed by atoms with van der Waals surface area (Å²) in [7, 11) is 0. The molecule has 0 radical (unpaired) electrons. The number of rotatable bonds is 1. The Balaban J connectivity index is 2.41. The van der Waals surface area contributed by atoms with Crippen molar-refractivity contribution in [1.29, 1.82) is 0 Å². The van der Waals surface area contributed by atoms with Gasteiger partial charge in [-0.2, -0.15) is 0 Å². The van der Waals surface area contributed by atoms with E-state index in [-0.39, 0.29) is 0 Å². The van der Waals surface area contributed by atoms with E-state index in [4.69, 9.17) is 15.0 Å². The van der Waals surface area contributed by atoms with Crippen LogP contribution in [0.2, 0.25) is 0 Å². The third kappa shape index (κ3) is 1.04. The SMILES string of the molecule is NC(=O)c1coc2ccc3c(c12)NOC3. The molecule has 15 heavy (non-hydrogen) atoms. The number of carbonyl (C=O) groups is 1. The lowest BCUT2D eigenvalue weighted by Gasteiger charge is -1.99. The number of hydrogen-bond acceptors (Lipinski definition) is 4. The van der Waals surface area contributed by atoms with Gasteiger partial charge in [0.1, 0.15) is 18.5 Å². The van der Waals surface area contributed by atoms with E-state index in [2.05, 4.69) is 5.48 Å². The Hall–Kier alpha value is -2.01. The highest BCUT2D eigenvalue weighted by atomic mass is 16.6. The summed E-state index contributed by atoms with van der Waals surface area (Å²) in [5.41, 5.74) is 10.8. The van der Waals surface area contributed by atoms with Crippen molar-refractivity contribution in [3.63, 3.8) is 0 Å². The lowest BCUT2D eigenvalue weighted by Crippen LogP contribution is -2.10. The molecule has 5 heteroatoms. The number of furan rings is 1. The van der Waals surface area contributed by atoms with E-state index < -0.39 is 5.91 Å². The van der Waals surface area contributed by atoms with Gasteiger partial charge >= 0.3 is 0 Å². The fourth-order valence-electron chi connectivity index (χ4n) is 1.78. The van der Waals surface area contributed by atoms with E-state index in [9.17, 15) is 4.79 Å². The van der Waals surface area contributed by atoms with Crippen molar-refractivity contribution in [2.45, 2.75) is 6.61 Å². The molecule has 5 nitrogen and oxygen atoms in total. The summed E-state index contributed by atoms with van der Waals surface area (Å²) < 4.78 is 5.24. The Morgan fingerprint density at radius 3 is 3.13 bits per heavy atom. The van der Waals surface area contributed by atoms with E-state index in [1.165, 1.54) is 6.26 Å². The number of fused-ring (bicyclic) bond motifs is 3. The molecule has 2 heterocycles. The summed E-state index contributed by atoms with van der Waals surface area (Å²) >= 11 is 0. The molecule has 0 spiro atoms. The van der Waals surface area contributed by atoms with Crippen molar-refractivity contribution in [3.8, 4) is 0 Å². The Morgan fingerprint density at radius 2 is 2.33 bits per heavy atom. The van der Waals surface area contributed by atoms with E-state index >= 15 is 0 Å². The van der Waals surface area contributed by atoms with Gasteiger partial charge < -0.3 is 10.2 Å². The van der Waals surface area contributed by atoms with Crippen LogP contribution in [0, 0.1) is 0 Å². The first-order valence-electron chi connectivity index (χ1n) is 4.48. The first kappa shape index (κ1) is 8.31. The molecule has 76 valence electrons. The van der Waals surface area contributed by atoms with Gasteiger partial charge in [0.15, 0.2) is 0 Å². The maximum Gasteiger partial charge on any atom is 0.252 e. The quantitative estimate of drug-likeness (QED) is 0.735. The first-order chi connectivity index (χ1) is 7.27. The zero-order valence-corrected chi connectivity index (χ0v) is 7.74. The molecule has 1 amide bonds. The summed E-state index contributed by atoms with van der Waals surface area (Å²) in [5, 5.41) is 0.692. The Bertz CT molecular complexity index is 559. The number of carbonyl (C=O) groups excluding carboxylic acids is 1. The minimum Gasteiger partial charge on any atom is -0.463 e. The summed E-state index contributed by atoms with van der Waals surface area (Å²) in [6, 6.07) is 3.70. The molecule has 2 aromatic rings. The van der Waals surface area contributed by atoms with Gasteiger partial charge in [-0.3, -0.25) is 15.1 Å². The molecular formula is C10H8N2O3. The topological polar surface area (TPSA) is 77.5 Å². The van der Waals surface area contributed by atoms with Gasteiger partial charge in [0.25, 0.3) is 5.91 Å². The zero-order chi connectivity index (χ0) is 10.4. The molecule has 3 rings (SSSR count). The van der Waals surface area contributed by atoms with Crippen molar-refractivity contribution < 1.29 is 14.0 Å². The Labute approximate surface area is 84.8 Å². The summed E-state index contributed by atoms with van der Waals surface area (Å²) in [4.78, 5) is 16.3. The van der Waals surface area contributed by atoms with Gasteiger partial charge in [0.05, 0.1) is 16.6 Å². The van der Waals surface area contributed by atoms with E-state index in [1.807, 2.05) is 6.07 Å². The van der Waals surface area contributed by atoms with Gasteiger partial charge in [-0.05, 0) is 6.07 Å². The second kappa shape index (κ2) is 2.74. The number of benzene rings is 1. The van der Waals surface area contributed by atoms with Gasteiger partial charge in [-0.25, -0.2) is 0 Å². The molecule has 1 aliphatic rings. The van der Waals surface area contributed by atoms with Crippen LogP contribution in [-0.4, -0.2) is 5.91 Å². The normalized spacial score (nSPS) is 13.9. The first-order valence-corrected chi connectivity index (χ1v) is 4.48. The van der Waals surface area contributed by atoms with Crippen LogP contribution in [0.4, 0.5) is 5.69 Å². The van der Waals surface area contributed by atoms with E-state index in [0.717, 1.165) is 11.3 Å². The smallest absolute Gasteiger partial charge is 0.252 e. The van der Waals surface area contributed by atoms with Crippen LogP contribution < -0.4 is 11.2 Å². The third-order valence-corrected chi connectivity index (χ3v) is 2.49. The van der Waals surface area contributed by atoms with Crippen LogP contribution in [-0.2, 0) is 11.4 Å². The molecule has 0 bridgehead atoms. The average Bonchev–Trinajstić information content (AvgIpc) is 2.82. The molecule has 1 aromatic carbocycles. The zero-order valence-electron chi connectivity index (χ0n) is 7.74. The Kier molecular flexibility index (Phi) is 1.52. The maximum atomic E-state index is 11.2. The van der Waals surface area contributed by atoms with Crippen LogP contribution in [0.25, 0.3) is 11.0 Å². The number of hydrogen-bond donors (Lipinski definition) is 2. The van der Waals surface area contributed by atoms with Crippen LogP contribution in [0.1, 0.15) is 15.9 Å². The third-order valence-electron chi connectivity index (χ3n) is 2.49. The number of primary amides is 1. The van der Waals surface area contributed by atoms with Crippen molar-refractivity contribution in [2.75, 3.05) is 5.48 Å². The minimum absolute atomic E-state index is 0.375. The number of nitrogens with one attached hydrogen (secondary N) is 1. The molecule has 0 atom stereocenters. The largest absolute Gasteiger partial charge is 0.463 e. The second-order valence-corrected chi connectivity index (χ2v) is 3.38. The predicted octanol–water partition coefficient (Wildman–Crippen LogP) is 1.39. The number of anilines is 1. The van der Waals surface area contributed by atoms with Crippen LogP contribution in [0.3, 0.4) is 0 Å². The van der Waals surface area contributed by atoms with Crippen LogP contribution >= 0.6 is 0 Å². The fraction of sp³-hybridized carbons (Fsp3) is 0.100. The monoisotopic (exact) mass is 204 g/mol. The number of amides is 1. The molecule has 0 saturated heterocycles. The van der Waals surface area contributed by atoms with Crippen molar-refractivity contribution in [1.82, 2.24) is 0 Å². The molecule has 0 fully saturated rings. The molecule has 0 unspecified atom stereocenters. The fourth-order valence-corrected chi connectivity index (χ4v) is 1.78. The summed E-state index contributed by atoms with van der Waals surface area (Å²) in [6.45, 7) is 0.481. The summed E-state index contributed by atoms with van der Waals surface area (Å²) in [6.07, 6.45) is 1.37. The Morgan fingerprint density at radius 1 is 1.47 bits per heavy atom. The van der Waals surface area contributed by atoms with Crippen molar-refractivity contribution in [3.05, 3.63) is 29.5 Å². The molecular weight excluding hydrogens is 196 g/mol. The van der Waals surface area contributed by atoms with Crippen molar-refractivity contribution in [2.24, 2.45) is 5.73 Å². The second-order valence-electron chi connectivity index (χ2n) is 3.38. The maximum absolute atomic E-state index is 11.2. The van der Waals surface area contributed by atoms with Gasteiger partial charge in [0.2, 0.25) is 0 Å². The molecule has 1 aromatic heterocycles. The van der Waals surface area contributed by atoms with Gasteiger partial charge in [-0.1, -0.05) is 6.07 Å². The van der Waals surface area contributed by atoms with E-state index in [0.29, 0.717) is 23.1 Å². The van der Waals surface area contributed by atoms with Gasteiger partial charge in [-0.15, -0.1) is 0 Å². The van der Waals surface area contributed by atoms with Crippen LogP contribution in [0.15, 0.2) is 22.8 Å². The highest BCUT2D eigenvalue weighted by molar-refractivity contribution is 6.10. The molecule has 1 aliphatic heterocycles. The predicted molar refractivity (Wildman–Crippen MR) is 53.1 cm³/mol. The lowest BCUT2D eigenvalue weighted by atomic mass is 10.1. The van der Waals surface area contributed by atoms with Gasteiger partial charge in [0, 0.05) is 5.56 Å². The molecule has 3 N–H and O–H groups in total. The highest BCUT2D eigenvalue weighted by Crippen LogP contribution is 2.35. The summed E-state index contributed by atoms with van der Waals surface area (Å²) in [5.74, 6) is -0.504. The minimum atomic E-state index is -0.504. The molecule has 0 aliphatic carbocycles. The van der Waals surface area contributed by atoms with Crippen LogP contribution in [0.5, 0.6) is 0 Å². The molecule has 0 saturated carbocycles.